The minimum atomic E-state index is -0.272. The molecule has 28 heteroatoms. The van der Waals surface area contributed by atoms with Crippen LogP contribution in [0, 0.1) is 0 Å². The average molecular weight is 1250 g/mol. The zero-order valence-electron chi connectivity index (χ0n) is 47.6. The van der Waals surface area contributed by atoms with E-state index in [1.807, 2.05) is 31.9 Å². The number of rotatable bonds is 25. The minimum Gasteiger partial charge on any atom is -0.469 e. The van der Waals surface area contributed by atoms with Gasteiger partial charge in [0.05, 0.1) is 21.3 Å². The molecule has 5 fully saturated rings. The molecule has 79 heavy (non-hydrogen) atoms. The van der Waals surface area contributed by atoms with Gasteiger partial charge in [-0.1, -0.05) is 35.4 Å². The Morgan fingerprint density at radius 2 is 0.734 bits per heavy atom. The monoisotopic (exact) mass is 1250 g/mol. The smallest absolute Gasteiger partial charge is 0.373 e. The second-order valence-corrected chi connectivity index (χ2v) is 21.7. The Bertz CT molecular complexity index is 1410. The Kier molecular flexibility index (Phi) is 81.8. The van der Waals surface area contributed by atoms with Gasteiger partial charge in [-0.3, -0.25) is 38.4 Å². The molecule has 0 amide bonds. The highest BCUT2D eigenvalue weighted by Crippen LogP contribution is 2.21. The maximum atomic E-state index is 11.5. The highest BCUT2D eigenvalue weighted by molar-refractivity contribution is 8.76. The highest BCUT2D eigenvalue weighted by atomic mass is 33.1. The molecule has 3 saturated heterocycles. The number of ketones is 2. The van der Waals surface area contributed by atoms with Crippen LogP contribution < -0.4 is 0 Å². The third-order valence-corrected chi connectivity index (χ3v) is 13.5. The van der Waals surface area contributed by atoms with E-state index >= 15 is 0 Å². The molecule has 2 saturated carbocycles. The standard InChI is InChI=1S/C18H30O8S2.C10H18O4S.2C5H8O.2C3H4O2S.C2H4S.C2H6.CO2.2CH4O/c1-23-15(19)7-3-5-9-17(21)25-11-13-27-28-14-12-26-18(22)10-6-4-8-16(20)24-2;1-13-9(11)5-3-4-6-10(12)14-7-8-15-2;2*6-5-3-1-2-4-5;2*4-3-5-1-2-6-3;1-2-3-1;1-2;2-1-3;2*1-2/h3-14H2,1-2H3;3-8H2,1-2H3;2*1-4H2;2*1-2H2;1-2H2;1-2H3;;2*2H,1H3. The topological polar surface area (TPSA) is 319 Å². The summed E-state index contributed by atoms with van der Waals surface area (Å²) in [5, 5.41) is 13.7. The highest BCUT2D eigenvalue weighted by Gasteiger charge is 2.12. The maximum Gasteiger partial charge on any atom is 0.373 e. The number of esters is 6. The Hall–Kier alpha value is -3.50. The van der Waals surface area contributed by atoms with E-state index in [2.05, 4.69) is 23.7 Å². The van der Waals surface area contributed by atoms with Crippen molar-refractivity contribution in [3.63, 3.8) is 0 Å². The van der Waals surface area contributed by atoms with Gasteiger partial charge < -0.3 is 48.1 Å². The summed E-state index contributed by atoms with van der Waals surface area (Å²) in [6, 6.07) is 0. The van der Waals surface area contributed by atoms with Crippen molar-refractivity contribution >= 4 is 133 Å². The van der Waals surface area contributed by atoms with Crippen LogP contribution in [0.3, 0.4) is 0 Å². The van der Waals surface area contributed by atoms with Crippen molar-refractivity contribution in [1.29, 1.82) is 0 Å². The van der Waals surface area contributed by atoms with Crippen LogP contribution in [0.2, 0.25) is 0 Å². The third kappa shape index (κ3) is 83.5. The number of hydrogen-bond acceptors (Lipinski definition) is 28. The fourth-order valence-electron chi connectivity index (χ4n) is 5.00. The number of aliphatic hydroxyl groups is 2. The Morgan fingerprint density at radius 1 is 0.481 bits per heavy atom. The lowest BCUT2D eigenvalue weighted by molar-refractivity contribution is -0.192. The first-order valence-corrected chi connectivity index (χ1v) is 32.7. The summed E-state index contributed by atoms with van der Waals surface area (Å²) < 4.78 is 37.6. The Morgan fingerprint density at radius 3 is 0.899 bits per heavy atom. The van der Waals surface area contributed by atoms with Crippen molar-refractivity contribution in [2.45, 2.75) is 142 Å². The number of aliphatic hydroxyl groups excluding tert-OH is 2. The average Bonchev–Trinajstić information content (AvgIpc) is 3.75. The summed E-state index contributed by atoms with van der Waals surface area (Å²) in [6.07, 6.45) is 15.9. The van der Waals surface area contributed by atoms with Crippen molar-refractivity contribution in [3.05, 3.63) is 0 Å². The second-order valence-electron chi connectivity index (χ2n) is 14.7. The lowest BCUT2D eigenvalue weighted by atomic mass is 10.2. The van der Waals surface area contributed by atoms with Gasteiger partial charge in [-0.25, -0.2) is 9.59 Å². The van der Waals surface area contributed by atoms with Crippen LogP contribution in [0.1, 0.15) is 142 Å². The zero-order chi connectivity index (χ0) is 61.0. The molecule has 3 heterocycles. The quantitative estimate of drug-likeness (QED) is 0.0283. The number of carbonyl (C=O) groups is 10. The molecule has 0 unspecified atom stereocenters. The number of methoxy groups -OCH3 is 3. The van der Waals surface area contributed by atoms with Gasteiger partial charge in [-0.15, -0.1) is 0 Å². The SMILES string of the molecule is C1CS1.CC.CO.CO.COC(=O)CCCCC(=O)OCCSC.COC(=O)CCCCC(=O)OCCSSCCOC(=O)CCCCC(=O)OC.O=C1CCCC1.O=C1CCCC1.O=C1OCCS1.O=C1OCCS1.O=C=O. The second kappa shape index (κ2) is 74.5. The molecule has 0 aromatic rings. The summed E-state index contributed by atoms with van der Waals surface area (Å²) in [5.74, 6) is 6.04. The van der Waals surface area contributed by atoms with Gasteiger partial charge in [0.25, 0.3) is 0 Å². The molecule has 3 aliphatic heterocycles. The molecule has 2 N–H and O–H groups in total. The first-order valence-electron chi connectivity index (χ1n) is 25.7. The predicted molar refractivity (Wildman–Crippen MR) is 312 cm³/mol. The molecule has 462 valence electrons. The maximum absolute atomic E-state index is 11.5. The van der Waals surface area contributed by atoms with Gasteiger partial charge in [-0.05, 0) is 94.0 Å². The Balaban J connectivity index is -0.000000216. The summed E-state index contributed by atoms with van der Waals surface area (Å²) in [6.45, 7) is 6.32. The molecule has 0 aromatic heterocycles. The van der Waals surface area contributed by atoms with Crippen LogP contribution in [-0.4, -0.2) is 189 Å². The van der Waals surface area contributed by atoms with Crippen LogP contribution >= 0.6 is 68.6 Å². The van der Waals surface area contributed by atoms with Gasteiger partial charge in [0, 0.05) is 119 Å². The number of Topliss-reactive ketones (excluding diaryl/α,β-unsaturated/α-hetero) is 2. The van der Waals surface area contributed by atoms with Crippen molar-refractivity contribution in [2.24, 2.45) is 0 Å². The molecule has 0 atom stereocenters. The lowest BCUT2D eigenvalue weighted by Gasteiger charge is -2.06. The van der Waals surface area contributed by atoms with E-state index in [4.69, 9.17) is 34.0 Å². The number of thioether (sulfide) groups is 4. The number of ether oxygens (including phenoxy) is 8. The molecule has 2 aliphatic carbocycles. The van der Waals surface area contributed by atoms with Crippen LogP contribution in [0.15, 0.2) is 0 Å². The fraction of sp³-hybridized carbons (Fsp3) is 0.784. The molecule has 0 spiro atoms. The van der Waals surface area contributed by atoms with E-state index in [0.29, 0.717) is 133 Å². The first kappa shape index (κ1) is 86.8. The summed E-state index contributed by atoms with van der Waals surface area (Å²) in [5.41, 5.74) is 0. The van der Waals surface area contributed by atoms with E-state index in [-0.39, 0.29) is 52.6 Å². The van der Waals surface area contributed by atoms with Crippen LogP contribution in [0.4, 0.5) is 9.59 Å². The van der Waals surface area contributed by atoms with Crippen LogP contribution in [0.25, 0.3) is 0 Å². The van der Waals surface area contributed by atoms with E-state index in [1.165, 1.54) is 56.4 Å². The molecular weight excluding hydrogens is 1160 g/mol. The van der Waals surface area contributed by atoms with Crippen molar-refractivity contribution < 1.29 is 106 Å². The van der Waals surface area contributed by atoms with Crippen molar-refractivity contribution in [2.75, 3.05) is 115 Å². The Labute approximate surface area is 493 Å². The third-order valence-electron chi connectivity index (χ3n) is 8.78. The molecule has 0 aromatic carbocycles. The lowest BCUT2D eigenvalue weighted by Crippen LogP contribution is -2.08. The molecule has 0 bridgehead atoms. The molecule has 5 aliphatic rings. The van der Waals surface area contributed by atoms with Gasteiger partial charge >= 0.3 is 52.6 Å². The van der Waals surface area contributed by atoms with E-state index < -0.39 is 0 Å². The zero-order valence-corrected chi connectivity index (χ0v) is 52.5. The van der Waals surface area contributed by atoms with E-state index in [0.717, 1.165) is 82.8 Å². The first-order chi connectivity index (χ1) is 38.2. The van der Waals surface area contributed by atoms with E-state index in [9.17, 15) is 47.9 Å². The fourth-order valence-corrected chi connectivity index (χ4v) is 7.90. The molecular formula is C51H90O22S6. The summed E-state index contributed by atoms with van der Waals surface area (Å²) in [4.78, 5) is 123. The largest absolute Gasteiger partial charge is 0.469 e. The van der Waals surface area contributed by atoms with Crippen LogP contribution in [0.5, 0.6) is 0 Å². The van der Waals surface area contributed by atoms with Crippen LogP contribution in [-0.2, 0) is 85.8 Å². The van der Waals surface area contributed by atoms with Crippen molar-refractivity contribution in [1.82, 2.24) is 0 Å². The van der Waals surface area contributed by atoms with Gasteiger partial charge in [0.2, 0.25) is 0 Å². The number of carbonyl (C=O) groups excluding carboxylic acids is 12. The summed E-state index contributed by atoms with van der Waals surface area (Å²) in [7, 11) is 9.13. The number of cyclic esters (lactones) is 2. The molecule has 5 rings (SSSR count). The minimum absolute atomic E-state index is 0.130. The molecule has 22 nitrogen and oxygen atoms in total. The predicted octanol–water partition coefficient (Wildman–Crippen LogP) is 8.94. The number of unbranched alkanes of at least 4 members (excludes halogenated alkanes) is 3. The normalized spacial score (nSPS) is 13.3. The van der Waals surface area contributed by atoms with Gasteiger partial charge in [0.1, 0.15) is 44.6 Å². The van der Waals surface area contributed by atoms with Crippen molar-refractivity contribution in [3.8, 4) is 0 Å². The molecule has 0 radical (unpaired) electrons. The van der Waals surface area contributed by atoms with Gasteiger partial charge in [-0.2, -0.15) is 33.1 Å². The van der Waals surface area contributed by atoms with E-state index in [1.54, 1.807) is 33.3 Å². The summed E-state index contributed by atoms with van der Waals surface area (Å²) >= 11 is 6.11. The van der Waals surface area contributed by atoms with Gasteiger partial charge in [0.15, 0.2) is 0 Å². The number of hydrogen-bond donors (Lipinski definition) is 2.